The summed E-state index contributed by atoms with van der Waals surface area (Å²) in [4.78, 5) is 13.6. The first-order valence-corrected chi connectivity index (χ1v) is 5.69. The summed E-state index contributed by atoms with van der Waals surface area (Å²) in [5, 5.41) is 6.42. The predicted octanol–water partition coefficient (Wildman–Crippen LogP) is 0.0584. The number of carbonyl (C=O) groups is 1. The van der Waals surface area contributed by atoms with E-state index in [0.29, 0.717) is 5.56 Å². The van der Waals surface area contributed by atoms with E-state index < -0.39 is 0 Å². The molecule has 0 spiro atoms. The monoisotopic (exact) mass is 243 g/mol. The zero-order valence-corrected chi connectivity index (χ0v) is 10.5. The van der Waals surface area contributed by atoms with Gasteiger partial charge in [-0.1, -0.05) is 0 Å². The number of hydrogen-bond acceptors (Lipinski definition) is 6. The second kappa shape index (κ2) is 5.66. The highest BCUT2D eigenvalue weighted by Gasteiger charge is 2.17. The van der Waals surface area contributed by atoms with Gasteiger partial charge in [0, 0.05) is 20.1 Å². The van der Waals surface area contributed by atoms with Gasteiger partial charge in [-0.3, -0.25) is 4.79 Å². The lowest BCUT2D eigenvalue weighted by Crippen LogP contribution is -2.23. The summed E-state index contributed by atoms with van der Waals surface area (Å²) in [6, 6.07) is 0. The Balaban J connectivity index is 2.69. The van der Waals surface area contributed by atoms with Crippen LogP contribution < -0.4 is 16.4 Å². The molecule has 0 fully saturated rings. The third kappa shape index (κ3) is 3.07. The number of nitrogens with one attached hydrogen (secondary N) is 2. The Bertz CT molecular complexity index is 363. The molecule has 4 N–H and O–H groups in total. The molecule has 7 heteroatoms. The van der Waals surface area contributed by atoms with E-state index in [1.54, 1.807) is 7.05 Å². The van der Waals surface area contributed by atoms with Gasteiger partial charge in [0.05, 0.1) is 0 Å². The predicted molar refractivity (Wildman–Crippen MR) is 67.0 cm³/mol. The summed E-state index contributed by atoms with van der Waals surface area (Å²) in [5.74, 6) is 0.0651. The van der Waals surface area contributed by atoms with Crippen LogP contribution in [0, 0.1) is 0 Å². The van der Waals surface area contributed by atoms with Crippen molar-refractivity contribution < 1.29 is 4.79 Å². The molecule has 6 nitrogen and oxygen atoms in total. The first kappa shape index (κ1) is 12.7. The Hall–Kier alpha value is -1.34. The Labute approximate surface area is 99.0 Å². The minimum atomic E-state index is -0.210. The molecule has 0 aliphatic heterocycles. The molecule has 90 valence electrons. The molecule has 0 radical (unpaired) electrons. The van der Waals surface area contributed by atoms with Crippen LogP contribution in [0.2, 0.25) is 0 Å². The lowest BCUT2D eigenvalue weighted by atomic mass is 10.3. The van der Waals surface area contributed by atoms with Crippen molar-refractivity contribution in [2.45, 2.75) is 0 Å². The van der Waals surface area contributed by atoms with Gasteiger partial charge < -0.3 is 21.3 Å². The number of carbonyl (C=O) groups excluding carboxylic acids is 1. The van der Waals surface area contributed by atoms with Crippen LogP contribution in [0.25, 0.3) is 0 Å². The van der Waals surface area contributed by atoms with Crippen LogP contribution >= 0.6 is 11.5 Å². The van der Waals surface area contributed by atoms with Gasteiger partial charge in [0.2, 0.25) is 0 Å². The third-order valence-electron chi connectivity index (χ3n) is 2.02. The highest BCUT2D eigenvalue weighted by Crippen LogP contribution is 2.26. The van der Waals surface area contributed by atoms with Crippen molar-refractivity contribution in [2.75, 3.05) is 45.3 Å². The van der Waals surface area contributed by atoms with E-state index in [9.17, 15) is 4.79 Å². The zero-order chi connectivity index (χ0) is 12.1. The number of anilines is 2. The molecule has 1 aromatic heterocycles. The van der Waals surface area contributed by atoms with Crippen LogP contribution in [0.5, 0.6) is 0 Å². The van der Waals surface area contributed by atoms with E-state index in [1.165, 1.54) is 11.5 Å². The highest BCUT2D eigenvalue weighted by atomic mass is 32.1. The van der Waals surface area contributed by atoms with Crippen molar-refractivity contribution >= 4 is 28.3 Å². The molecule has 0 unspecified atom stereocenters. The summed E-state index contributed by atoms with van der Waals surface area (Å²) in [5.41, 5.74) is 6.07. The Morgan fingerprint density at radius 3 is 2.81 bits per heavy atom. The van der Waals surface area contributed by atoms with Crippen LogP contribution in [-0.2, 0) is 0 Å². The largest absolute Gasteiger partial charge is 0.382 e. The summed E-state index contributed by atoms with van der Waals surface area (Å²) in [6.45, 7) is 1.63. The van der Waals surface area contributed by atoms with Gasteiger partial charge in [-0.2, -0.15) is 4.37 Å². The Kier molecular flexibility index (Phi) is 4.51. The minimum Gasteiger partial charge on any atom is -0.382 e. The minimum absolute atomic E-state index is 0.210. The summed E-state index contributed by atoms with van der Waals surface area (Å²) in [6.07, 6.45) is 0. The number of nitrogen functional groups attached to an aromatic ring is 1. The molecule has 0 aromatic carbocycles. The summed E-state index contributed by atoms with van der Waals surface area (Å²) >= 11 is 1.21. The number of nitrogens with two attached hydrogens (primary N) is 1. The smallest absolute Gasteiger partial charge is 0.257 e. The summed E-state index contributed by atoms with van der Waals surface area (Å²) in [7, 11) is 5.55. The van der Waals surface area contributed by atoms with Crippen molar-refractivity contribution in [1.82, 2.24) is 14.6 Å². The topological polar surface area (TPSA) is 83.3 Å². The van der Waals surface area contributed by atoms with Gasteiger partial charge in [0.1, 0.15) is 10.6 Å². The molecule has 0 saturated carbocycles. The fraction of sp³-hybridized carbons (Fsp3) is 0.556. The molecule has 0 atom stereocenters. The molecule has 0 aliphatic rings. The number of hydrogen-bond donors (Lipinski definition) is 3. The number of aromatic nitrogens is 1. The molecule has 0 saturated heterocycles. The lowest BCUT2D eigenvalue weighted by Gasteiger charge is -2.10. The number of nitrogens with zero attached hydrogens (tertiary/aromatic N) is 2. The molecule has 16 heavy (non-hydrogen) atoms. The molecule has 1 heterocycles. The van der Waals surface area contributed by atoms with Crippen molar-refractivity contribution in [3.63, 3.8) is 0 Å². The van der Waals surface area contributed by atoms with Gasteiger partial charge in [-0.15, -0.1) is 0 Å². The van der Waals surface area contributed by atoms with Gasteiger partial charge >= 0.3 is 0 Å². The first-order chi connectivity index (χ1) is 7.56. The summed E-state index contributed by atoms with van der Waals surface area (Å²) < 4.78 is 3.97. The van der Waals surface area contributed by atoms with Gasteiger partial charge in [0.15, 0.2) is 5.82 Å². The molecular formula is C9H17N5OS. The standard InChI is InChI=1S/C9H17N5OS/c1-11-8(15)6-7(10)13-16-9(6)12-4-5-14(2)3/h12H,4-5H2,1-3H3,(H2,10,13)(H,11,15). The average Bonchev–Trinajstić information content (AvgIpc) is 2.58. The van der Waals surface area contributed by atoms with E-state index in [1.807, 2.05) is 14.1 Å². The zero-order valence-electron chi connectivity index (χ0n) is 9.70. The average molecular weight is 243 g/mol. The second-order valence-corrected chi connectivity index (χ2v) is 4.35. The van der Waals surface area contributed by atoms with E-state index in [4.69, 9.17) is 5.73 Å². The van der Waals surface area contributed by atoms with Gasteiger partial charge in [-0.05, 0) is 25.6 Å². The van der Waals surface area contributed by atoms with Crippen molar-refractivity contribution in [2.24, 2.45) is 0 Å². The molecular weight excluding hydrogens is 226 g/mol. The molecule has 0 aliphatic carbocycles. The van der Waals surface area contributed by atoms with E-state index >= 15 is 0 Å². The maximum absolute atomic E-state index is 11.5. The van der Waals surface area contributed by atoms with Crippen LogP contribution in [0.4, 0.5) is 10.8 Å². The van der Waals surface area contributed by atoms with Gasteiger partial charge in [0.25, 0.3) is 5.91 Å². The maximum atomic E-state index is 11.5. The molecule has 1 amide bonds. The normalized spacial score (nSPS) is 10.5. The van der Waals surface area contributed by atoms with E-state index in [2.05, 4.69) is 19.9 Å². The van der Waals surface area contributed by atoms with Crippen LogP contribution in [0.3, 0.4) is 0 Å². The molecule has 1 aromatic rings. The second-order valence-electron chi connectivity index (χ2n) is 3.58. The number of likely N-dealkylation sites (N-methyl/N-ethyl adjacent to an activating group) is 1. The highest BCUT2D eigenvalue weighted by molar-refractivity contribution is 7.11. The molecule has 0 bridgehead atoms. The SMILES string of the molecule is CNC(=O)c1c(N)nsc1NCCN(C)C. The van der Waals surface area contributed by atoms with E-state index in [0.717, 1.165) is 18.1 Å². The quantitative estimate of drug-likeness (QED) is 0.681. The number of amides is 1. The fourth-order valence-corrected chi connectivity index (χ4v) is 1.90. The van der Waals surface area contributed by atoms with Gasteiger partial charge in [-0.25, -0.2) is 0 Å². The maximum Gasteiger partial charge on any atom is 0.257 e. The van der Waals surface area contributed by atoms with Crippen molar-refractivity contribution in [1.29, 1.82) is 0 Å². The van der Waals surface area contributed by atoms with Crippen molar-refractivity contribution in [3.8, 4) is 0 Å². The van der Waals surface area contributed by atoms with Crippen LogP contribution in [-0.4, -0.2) is 49.4 Å². The third-order valence-corrected chi connectivity index (χ3v) is 2.84. The van der Waals surface area contributed by atoms with Crippen LogP contribution in [0.1, 0.15) is 10.4 Å². The van der Waals surface area contributed by atoms with E-state index in [-0.39, 0.29) is 11.7 Å². The number of rotatable bonds is 5. The fourth-order valence-electron chi connectivity index (χ4n) is 1.16. The molecule has 1 rings (SSSR count). The Morgan fingerprint density at radius 2 is 2.25 bits per heavy atom. The van der Waals surface area contributed by atoms with Crippen molar-refractivity contribution in [3.05, 3.63) is 5.56 Å². The first-order valence-electron chi connectivity index (χ1n) is 4.92. The Morgan fingerprint density at radius 1 is 1.56 bits per heavy atom. The lowest BCUT2D eigenvalue weighted by molar-refractivity contribution is 0.0965. The van der Waals surface area contributed by atoms with Crippen LogP contribution in [0.15, 0.2) is 0 Å².